The fourth-order valence-corrected chi connectivity index (χ4v) is 2.71. The Bertz CT molecular complexity index is 550. The van der Waals surface area contributed by atoms with E-state index in [1.165, 1.54) is 6.07 Å². The van der Waals surface area contributed by atoms with E-state index in [1.807, 2.05) is 0 Å². The molecule has 0 radical (unpaired) electrons. The Labute approximate surface area is 107 Å². The van der Waals surface area contributed by atoms with E-state index in [4.69, 9.17) is 5.73 Å². The van der Waals surface area contributed by atoms with E-state index in [2.05, 4.69) is 5.32 Å². The molecular formula is C12H18N2O3S. The van der Waals surface area contributed by atoms with Crippen LogP contribution in [0.25, 0.3) is 0 Å². The van der Waals surface area contributed by atoms with Crippen molar-refractivity contribution < 1.29 is 13.5 Å². The van der Waals surface area contributed by atoms with Crippen molar-refractivity contribution >= 4 is 21.2 Å². The number of para-hydroxylation sites is 1. The number of hydrogen-bond donors (Lipinski definition) is 3. The van der Waals surface area contributed by atoms with Crippen LogP contribution in [0.4, 0.5) is 11.4 Å². The highest BCUT2D eigenvalue weighted by molar-refractivity contribution is 7.90. The number of hydrogen-bond acceptors (Lipinski definition) is 5. The minimum absolute atomic E-state index is 0.0481. The summed E-state index contributed by atoms with van der Waals surface area (Å²) in [7, 11) is -3.31. The van der Waals surface area contributed by atoms with Gasteiger partial charge in [-0.15, -0.1) is 0 Å². The highest BCUT2D eigenvalue weighted by atomic mass is 32.2. The van der Waals surface area contributed by atoms with Gasteiger partial charge in [-0.3, -0.25) is 0 Å². The van der Waals surface area contributed by atoms with Gasteiger partial charge in [-0.2, -0.15) is 0 Å². The first-order valence-corrected chi connectivity index (χ1v) is 7.70. The van der Waals surface area contributed by atoms with Crippen LogP contribution in [0, 0.1) is 5.41 Å². The molecule has 0 amide bonds. The Morgan fingerprint density at radius 2 is 2.11 bits per heavy atom. The molecule has 100 valence electrons. The summed E-state index contributed by atoms with van der Waals surface area (Å²) in [6.45, 7) is 0.757. The molecule has 0 aliphatic heterocycles. The van der Waals surface area contributed by atoms with Crippen LogP contribution in [0.3, 0.4) is 0 Å². The van der Waals surface area contributed by atoms with E-state index < -0.39 is 9.84 Å². The lowest BCUT2D eigenvalue weighted by atomic mass is 10.1. The normalized spacial score (nSPS) is 17.4. The molecule has 1 saturated carbocycles. The van der Waals surface area contributed by atoms with Crippen molar-refractivity contribution in [3.8, 4) is 0 Å². The number of rotatable bonds is 5. The summed E-state index contributed by atoms with van der Waals surface area (Å²) in [5.41, 5.74) is 6.66. The second kappa shape index (κ2) is 4.44. The lowest BCUT2D eigenvalue weighted by Crippen LogP contribution is -2.20. The van der Waals surface area contributed by atoms with Gasteiger partial charge in [-0.25, -0.2) is 8.42 Å². The largest absolute Gasteiger partial charge is 0.396 e. The third-order valence-corrected chi connectivity index (χ3v) is 4.57. The average molecular weight is 270 g/mol. The predicted octanol–water partition coefficient (Wildman–Crippen LogP) is 0.857. The number of sulfone groups is 1. The maximum Gasteiger partial charge on any atom is 0.177 e. The molecule has 6 heteroatoms. The quantitative estimate of drug-likeness (QED) is 0.690. The molecule has 0 saturated heterocycles. The van der Waals surface area contributed by atoms with Crippen LogP contribution in [0.5, 0.6) is 0 Å². The van der Waals surface area contributed by atoms with Crippen LogP contribution in [0.1, 0.15) is 12.8 Å². The second-order valence-corrected chi connectivity index (χ2v) is 6.99. The van der Waals surface area contributed by atoms with Crippen LogP contribution < -0.4 is 11.1 Å². The van der Waals surface area contributed by atoms with E-state index >= 15 is 0 Å². The Balaban J connectivity index is 2.19. The minimum Gasteiger partial charge on any atom is -0.396 e. The highest BCUT2D eigenvalue weighted by Gasteiger charge is 2.41. The molecule has 0 spiro atoms. The minimum atomic E-state index is -3.31. The van der Waals surface area contributed by atoms with Gasteiger partial charge in [0.2, 0.25) is 0 Å². The summed E-state index contributed by atoms with van der Waals surface area (Å²) in [5.74, 6) is 0. The predicted molar refractivity (Wildman–Crippen MR) is 71.2 cm³/mol. The summed E-state index contributed by atoms with van der Waals surface area (Å²) >= 11 is 0. The number of nitrogen functional groups attached to an aromatic ring is 1. The number of nitrogens with one attached hydrogen (secondary N) is 1. The molecule has 0 atom stereocenters. The van der Waals surface area contributed by atoms with Crippen LogP contribution in [0.2, 0.25) is 0 Å². The topological polar surface area (TPSA) is 92.4 Å². The molecule has 1 fully saturated rings. The average Bonchev–Trinajstić information content (AvgIpc) is 3.07. The molecule has 0 unspecified atom stereocenters. The zero-order valence-electron chi connectivity index (χ0n) is 10.3. The maximum atomic E-state index is 11.5. The Hall–Kier alpha value is -1.27. The van der Waals surface area contributed by atoms with Crippen LogP contribution in [0.15, 0.2) is 23.1 Å². The van der Waals surface area contributed by atoms with E-state index in [-0.39, 0.29) is 22.6 Å². The van der Waals surface area contributed by atoms with Gasteiger partial charge in [-0.1, -0.05) is 6.07 Å². The first-order chi connectivity index (χ1) is 8.38. The third kappa shape index (κ3) is 2.59. The number of nitrogens with two attached hydrogens (primary N) is 1. The Kier molecular flexibility index (Phi) is 3.25. The molecule has 18 heavy (non-hydrogen) atoms. The fraction of sp³-hybridized carbons (Fsp3) is 0.500. The molecule has 0 aromatic heterocycles. The van der Waals surface area contributed by atoms with E-state index in [1.54, 1.807) is 12.1 Å². The molecule has 0 heterocycles. The maximum absolute atomic E-state index is 11.5. The molecular weight excluding hydrogens is 252 g/mol. The number of benzene rings is 1. The summed E-state index contributed by atoms with van der Waals surface area (Å²) in [6, 6.07) is 4.90. The SMILES string of the molecule is CS(=O)(=O)c1cccc(NCC2(CO)CC2)c1N. The second-order valence-electron chi connectivity index (χ2n) is 5.00. The summed E-state index contributed by atoms with van der Waals surface area (Å²) in [4.78, 5) is 0.140. The number of aliphatic hydroxyl groups is 1. The van der Waals surface area contributed by atoms with Gasteiger partial charge in [0.15, 0.2) is 9.84 Å². The smallest absolute Gasteiger partial charge is 0.177 e. The van der Waals surface area contributed by atoms with Crippen molar-refractivity contribution in [2.24, 2.45) is 5.41 Å². The van der Waals surface area contributed by atoms with Crippen LogP contribution in [-0.2, 0) is 9.84 Å². The molecule has 4 N–H and O–H groups in total. The van der Waals surface area contributed by atoms with Gasteiger partial charge >= 0.3 is 0 Å². The molecule has 1 aliphatic rings. The fourth-order valence-electron chi connectivity index (χ4n) is 1.87. The first kappa shape index (κ1) is 13.2. The molecule has 5 nitrogen and oxygen atoms in total. The van der Waals surface area contributed by atoms with Crippen molar-refractivity contribution in [2.45, 2.75) is 17.7 Å². The third-order valence-electron chi connectivity index (χ3n) is 3.41. The van der Waals surface area contributed by atoms with Crippen molar-refractivity contribution in [3.05, 3.63) is 18.2 Å². The van der Waals surface area contributed by atoms with Crippen LogP contribution >= 0.6 is 0 Å². The zero-order valence-corrected chi connectivity index (χ0v) is 11.1. The first-order valence-electron chi connectivity index (χ1n) is 5.81. The van der Waals surface area contributed by atoms with E-state index in [0.29, 0.717) is 12.2 Å². The zero-order chi connectivity index (χ0) is 13.4. The van der Waals surface area contributed by atoms with Crippen LogP contribution in [-0.4, -0.2) is 32.9 Å². The van der Waals surface area contributed by atoms with Gasteiger partial charge in [0.1, 0.15) is 0 Å². The molecule has 2 rings (SSSR count). The monoisotopic (exact) mass is 270 g/mol. The molecule has 1 aliphatic carbocycles. The Morgan fingerprint density at radius 3 is 2.61 bits per heavy atom. The van der Waals surface area contributed by atoms with Gasteiger partial charge < -0.3 is 16.2 Å². The van der Waals surface area contributed by atoms with E-state index in [9.17, 15) is 13.5 Å². The molecule has 0 bridgehead atoms. The van der Waals surface area contributed by atoms with Crippen molar-refractivity contribution in [3.63, 3.8) is 0 Å². The summed E-state index contributed by atoms with van der Waals surface area (Å²) in [6.07, 6.45) is 3.11. The van der Waals surface area contributed by atoms with Gasteiger partial charge in [-0.05, 0) is 25.0 Å². The van der Waals surface area contributed by atoms with Gasteiger partial charge in [0, 0.05) is 18.2 Å². The standard InChI is InChI=1S/C12H18N2O3S/c1-18(16,17)10-4-2-3-9(11(10)13)14-7-12(8-15)5-6-12/h2-4,14-15H,5-8,13H2,1H3. The van der Waals surface area contributed by atoms with Gasteiger partial charge in [0.05, 0.1) is 22.9 Å². The highest BCUT2D eigenvalue weighted by Crippen LogP contribution is 2.45. The van der Waals surface area contributed by atoms with Crippen molar-refractivity contribution in [1.29, 1.82) is 0 Å². The lowest BCUT2D eigenvalue weighted by molar-refractivity contribution is 0.220. The lowest BCUT2D eigenvalue weighted by Gasteiger charge is -2.16. The summed E-state index contributed by atoms with van der Waals surface area (Å²) in [5, 5.41) is 12.4. The van der Waals surface area contributed by atoms with Crippen molar-refractivity contribution in [1.82, 2.24) is 0 Å². The number of anilines is 2. The van der Waals surface area contributed by atoms with Crippen molar-refractivity contribution in [2.75, 3.05) is 30.5 Å². The molecule has 1 aromatic carbocycles. The molecule has 1 aromatic rings. The number of aliphatic hydroxyl groups excluding tert-OH is 1. The summed E-state index contributed by atoms with van der Waals surface area (Å²) < 4.78 is 23.1. The Morgan fingerprint density at radius 1 is 1.44 bits per heavy atom. The van der Waals surface area contributed by atoms with Gasteiger partial charge in [0.25, 0.3) is 0 Å². The van der Waals surface area contributed by atoms with E-state index in [0.717, 1.165) is 19.1 Å².